The van der Waals surface area contributed by atoms with Gasteiger partial charge < -0.3 is 15.6 Å². The van der Waals surface area contributed by atoms with E-state index in [0.717, 1.165) is 12.8 Å². The highest BCUT2D eigenvalue weighted by Gasteiger charge is 2.04. The lowest BCUT2D eigenvalue weighted by molar-refractivity contribution is -0.121. The van der Waals surface area contributed by atoms with Gasteiger partial charge >= 0.3 is 0 Å². The fourth-order valence-electron chi connectivity index (χ4n) is 1.30. The molecule has 1 aromatic rings. The number of amides is 1. The molecule has 0 aliphatic heterocycles. The molecular weight excluding hydrogens is 206 g/mol. The standard InChI is InChI=1S/C11H17N3O2/c1-2-3-6-13-10(15)8-14-7-4-5-9(12)11(14)16/h4-5,7H,2-3,6,8,12H2,1H3,(H,13,15). The van der Waals surface area contributed by atoms with E-state index < -0.39 is 0 Å². The zero-order chi connectivity index (χ0) is 12.0. The predicted octanol–water partition coefficient (Wildman–Crippen LogP) is 0.347. The molecule has 0 bridgehead atoms. The van der Waals surface area contributed by atoms with Gasteiger partial charge in [-0.3, -0.25) is 9.59 Å². The summed E-state index contributed by atoms with van der Waals surface area (Å²) < 4.78 is 1.30. The highest BCUT2D eigenvalue weighted by molar-refractivity contribution is 5.75. The number of rotatable bonds is 5. The van der Waals surface area contributed by atoms with Gasteiger partial charge in [0.15, 0.2) is 0 Å². The van der Waals surface area contributed by atoms with E-state index in [4.69, 9.17) is 5.73 Å². The third-order valence-electron chi connectivity index (χ3n) is 2.22. The number of carbonyl (C=O) groups is 1. The molecule has 0 unspecified atom stereocenters. The van der Waals surface area contributed by atoms with E-state index >= 15 is 0 Å². The zero-order valence-corrected chi connectivity index (χ0v) is 9.40. The maximum atomic E-state index is 11.5. The Labute approximate surface area is 94.3 Å². The molecule has 5 nitrogen and oxygen atoms in total. The Hall–Kier alpha value is -1.78. The number of aromatic nitrogens is 1. The van der Waals surface area contributed by atoms with E-state index in [1.54, 1.807) is 12.3 Å². The molecular formula is C11H17N3O2. The van der Waals surface area contributed by atoms with Gasteiger partial charge in [0, 0.05) is 12.7 Å². The van der Waals surface area contributed by atoms with Crippen molar-refractivity contribution >= 4 is 11.6 Å². The molecule has 0 fully saturated rings. The van der Waals surface area contributed by atoms with Crippen LogP contribution in [0.2, 0.25) is 0 Å². The first-order valence-corrected chi connectivity index (χ1v) is 5.36. The Morgan fingerprint density at radius 3 is 3.00 bits per heavy atom. The summed E-state index contributed by atoms with van der Waals surface area (Å²) in [6, 6.07) is 3.17. The molecule has 1 rings (SSSR count). The first-order chi connectivity index (χ1) is 7.65. The van der Waals surface area contributed by atoms with E-state index in [0.29, 0.717) is 6.54 Å². The fraction of sp³-hybridized carbons (Fsp3) is 0.455. The van der Waals surface area contributed by atoms with Crippen LogP contribution in [0, 0.1) is 0 Å². The maximum absolute atomic E-state index is 11.5. The summed E-state index contributed by atoms with van der Waals surface area (Å²) in [7, 11) is 0. The second-order valence-corrected chi connectivity index (χ2v) is 3.60. The van der Waals surface area contributed by atoms with Gasteiger partial charge in [-0.2, -0.15) is 0 Å². The molecule has 0 aliphatic carbocycles. The quantitative estimate of drug-likeness (QED) is 0.707. The minimum Gasteiger partial charge on any atom is -0.394 e. The number of nitrogens with one attached hydrogen (secondary N) is 1. The van der Waals surface area contributed by atoms with Gasteiger partial charge in [0.1, 0.15) is 6.54 Å². The summed E-state index contributed by atoms with van der Waals surface area (Å²) in [6.07, 6.45) is 3.52. The highest BCUT2D eigenvalue weighted by atomic mass is 16.2. The lowest BCUT2D eigenvalue weighted by atomic mass is 10.3. The Kier molecular flexibility index (Phi) is 4.57. The summed E-state index contributed by atoms with van der Waals surface area (Å²) in [5, 5.41) is 2.74. The fourth-order valence-corrected chi connectivity index (χ4v) is 1.30. The van der Waals surface area contributed by atoms with Crippen LogP contribution in [0.15, 0.2) is 23.1 Å². The summed E-state index contributed by atoms with van der Waals surface area (Å²) in [6.45, 7) is 2.72. The molecule has 0 atom stereocenters. The molecule has 16 heavy (non-hydrogen) atoms. The lowest BCUT2D eigenvalue weighted by Gasteiger charge is -2.07. The SMILES string of the molecule is CCCCNC(=O)Cn1cccc(N)c1=O. The number of nitrogens with zero attached hydrogens (tertiary/aromatic N) is 1. The van der Waals surface area contributed by atoms with Gasteiger partial charge in [0.2, 0.25) is 5.91 Å². The molecule has 0 radical (unpaired) electrons. The average molecular weight is 223 g/mol. The second kappa shape index (κ2) is 5.95. The highest BCUT2D eigenvalue weighted by Crippen LogP contribution is 1.91. The minimum absolute atomic E-state index is 0.0214. The van der Waals surface area contributed by atoms with Crippen molar-refractivity contribution < 1.29 is 4.79 Å². The van der Waals surface area contributed by atoms with Crippen LogP contribution in [0.1, 0.15) is 19.8 Å². The zero-order valence-electron chi connectivity index (χ0n) is 9.40. The molecule has 0 spiro atoms. The number of carbonyl (C=O) groups excluding carboxylic acids is 1. The first kappa shape index (κ1) is 12.3. The van der Waals surface area contributed by atoms with Gasteiger partial charge in [-0.15, -0.1) is 0 Å². The molecule has 0 saturated heterocycles. The Bertz CT molecular complexity index is 412. The Balaban J connectivity index is 2.56. The minimum atomic E-state index is -0.326. The summed E-state index contributed by atoms with van der Waals surface area (Å²) in [5.74, 6) is -0.166. The van der Waals surface area contributed by atoms with Crippen molar-refractivity contribution in [1.29, 1.82) is 0 Å². The summed E-state index contributed by atoms with van der Waals surface area (Å²) in [5.41, 5.74) is 5.28. The third-order valence-corrected chi connectivity index (χ3v) is 2.22. The predicted molar refractivity (Wildman–Crippen MR) is 63.0 cm³/mol. The second-order valence-electron chi connectivity index (χ2n) is 3.60. The number of hydrogen-bond donors (Lipinski definition) is 2. The largest absolute Gasteiger partial charge is 0.394 e. The topological polar surface area (TPSA) is 77.1 Å². The van der Waals surface area contributed by atoms with E-state index in [9.17, 15) is 9.59 Å². The molecule has 1 amide bonds. The van der Waals surface area contributed by atoms with Crippen molar-refractivity contribution in [2.45, 2.75) is 26.3 Å². The third kappa shape index (κ3) is 3.42. The van der Waals surface area contributed by atoms with Crippen molar-refractivity contribution in [3.63, 3.8) is 0 Å². The van der Waals surface area contributed by atoms with Crippen molar-refractivity contribution in [3.8, 4) is 0 Å². The van der Waals surface area contributed by atoms with Gasteiger partial charge in [-0.25, -0.2) is 0 Å². The Morgan fingerprint density at radius 2 is 2.31 bits per heavy atom. The molecule has 0 saturated carbocycles. The van der Waals surface area contributed by atoms with E-state index in [1.165, 1.54) is 10.6 Å². The van der Waals surface area contributed by atoms with Crippen LogP contribution in [0.4, 0.5) is 5.69 Å². The van der Waals surface area contributed by atoms with Crippen LogP contribution in [0.25, 0.3) is 0 Å². The van der Waals surface area contributed by atoms with Crippen molar-refractivity contribution in [2.75, 3.05) is 12.3 Å². The normalized spacial score (nSPS) is 10.1. The first-order valence-electron chi connectivity index (χ1n) is 5.36. The molecule has 1 aromatic heterocycles. The van der Waals surface area contributed by atoms with Gasteiger partial charge in [-0.05, 0) is 18.6 Å². The smallest absolute Gasteiger partial charge is 0.274 e. The van der Waals surface area contributed by atoms with Crippen LogP contribution in [-0.4, -0.2) is 17.0 Å². The number of hydrogen-bond acceptors (Lipinski definition) is 3. The van der Waals surface area contributed by atoms with Crippen LogP contribution >= 0.6 is 0 Å². The van der Waals surface area contributed by atoms with Crippen molar-refractivity contribution in [3.05, 3.63) is 28.7 Å². The van der Waals surface area contributed by atoms with Crippen LogP contribution < -0.4 is 16.6 Å². The molecule has 0 aromatic carbocycles. The number of nitrogens with two attached hydrogens (primary N) is 1. The van der Waals surface area contributed by atoms with Crippen LogP contribution in [0.5, 0.6) is 0 Å². The Morgan fingerprint density at radius 1 is 1.56 bits per heavy atom. The van der Waals surface area contributed by atoms with E-state index in [1.807, 2.05) is 0 Å². The molecule has 88 valence electrons. The summed E-state index contributed by atoms with van der Waals surface area (Å²) in [4.78, 5) is 22.9. The number of pyridine rings is 1. The van der Waals surface area contributed by atoms with Crippen LogP contribution in [-0.2, 0) is 11.3 Å². The van der Waals surface area contributed by atoms with Gasteiger partial charge in [0.25, 0.3) is 5.56 Å². The number of nitrogen functional groups attached to an aromatic ring is 1. The number of anilines is 1. The van der Waals surface area contributed by atoms with Crippen LogP contribution in [0.3, 0.4) is 0 Å². The summed E-state index contributed by atoms with van der Waals surface area (Å²) >= 11 is 0. The molecule has 5 heteroatoms. The van der Waals surface area contributed by atoms with Crippen molar-refractivity contribution in [1.82, 2.24) is 9.88 Å². The van der Waals surface area contributed by atoms with Gasteiger partial charge in [0.05, 0.1) is 5.69 Å². The monoisotopic (exact) mass is 223 g/mol. The maximum Gasteiger partial charge on any atom is 0.274 e. The van der Waals surface area contributed by atoms with E-state index in [-0.39, 0.29) is 23.7 Å². The lowest BCUT2D eigenvalue weighted by Crippen LogP contribution is -2.33. The van der Waals surface area contributed by atoms with Crippen molar-refractivity contribution in [2.24, 2.45) is 0 Å². The average Bonchev–Trinajstić information content (AvgIpc) is 2.25. The molecule has 1 heterocycles. The number of unbranched alkanes of at least 4 members (excludes halogenated alkanes) is 1. The van der Waals surface area contributed by atoms with E-state index in [2.05, 4.69) is 12.2 Å². The molecule has 3 N–H and O–H groups in total. The van der Waals surface area contributed by atoms with Gasteiger partial charge in [-0.1, -0.05) is 13.3 Å². The molecule has 0 aliphatic rings.